The molecule has 0 amide bonds. The van der Waals surface area contributed by atoms with Gasteiger partial charge in [0.2, 0.25) is 0 Å². The van der Waals surface area contributed by atoms with Crippen molar-refractivity contribution in [1.29, 1.82) is 0 Å². The zero-order valence-electron chi connectivity index (χ0n) is 5.98. The number of halogens is 3. The van der Waals surface area contributed by atoms with Gasteiger partial charge in [-0.2, -0.15) is 0 Å². The molecule has 1 fully saturated rings. The fourth-order valence-corrected chi connectivity index (χ4v) is 1.01. The molecule has 0 bridgehead atoms. The Labute approximate surface area is 66.8 Å². The van der Waals surface area contributed by atoms with Crippen LogP contribution in [0.15, 0.2) is 12.1 Å². The van der Waals surface area contributed by atoms with Crippen molar-refractivity contribution in [2.75, 3.05) is 6.61 Å². The van der Waals surface area contributed by atoms with Gasteiger partial charge in [0.1, 0.15) is 11.9 Å². The first-order chi connectivity index (χ1) is 5.68. The maximum atomic E-state index is 12.8. The molecule has 0 aromatic heterocycles. The average molecular weight is 174 g/mol. The lowest BCUT2D eigenvalue weighted by molar-refractivity contribution is 0.403. The van der Waals surface area contributed by atoms with Gasteiger partial charge in [0.25, 0.3) is 0 Å². The van der Waals surface area contributed by atoms with E-state index in [1.54, 1.807) is 0 Å². The number of hydrogen-bond donors (Lipinski definition) is 0. The Morgan fingerprint density at radius 3 is 2.25 bits per heavy atom. The van der Waals surface area contributed by atoms with Crippen LogP contribution >= 0.6 is 0 Å². The molecule has 0 radical (unpaired) electrons. The van der Waals surface area contributed by atoms with E-state index in [2.05, 4.69) is 0 Å². The summed E-state index contributed by atoms with van der Waals surface area (Å²) in [7, 11) is 0. The van der Waals surface area contributed by atoms with E-state index in [0.717, 1.165) is 6.07 Å². The number of hydrogen-bond acceptors (Lipinski definition) is 1. The number of rotatable bonds is 1. The van der Waals surface area contributed by atoms with Crippen molar-refractivity contribution in [2.45, 2.75) is 6.10 Å². The number of benzene rings is 1. The van der Waals surface area contributed by atoms with E-state index in [0.29, 0.717) is 12.7 Å². The van der Waals surface area contributed by atoms with Gasteiger partial charge < -0.3 is 4.74 Å². The molecule has 0 saturated carbocycles. The molecule has 1 aliphatic heterocycles. The van der Waals surface area contributed by atoms with Crippen molar-refractivity contribution in [2.24, 2.45) is 0 Å². The number of ether oxygens (including phenoxy) is 1. The van der Waals surface area contributed by atoms with Crippen LogP contribution in [0.25, 0.3) is 0 Å². The molecule has 0 aliphatic carbocycles. The molecule has 4 heteroatoms. The first-order valence-electron chi connectivity index (χ1n) is 3.44. The Hall–Kier alpha value is -1.03. The smallest absolute Gasteiger partial charge is 0.161 e. The summed E-state index contributed by atoms with van der Waals surface area (Å²) in [6.07, 6.45) is -0.389. The van der Waals surface area contributed by atoms with Gasteiger partial charge in [-0.3, -0.25) is 0 Å². The molecule has 1 aromatic carbocycles. The molecule has 64 valence electrons. The predicted molar refractivity (Wildman–Crippen MR) is 35.0 cm³/mol. The van der Waals surface area contributed by atoms with Crippen molar-refractivity contribution in [3.8, 4) is 0 Å². The quantitative estimate of drug-likeness (QED) is 0.469. The maximum absolute atomic E-state index is 12.8. The first kappa shape index (κ1) is 7.61. The van der Waals surface area contributed by atoms with Crippen LogP contribution < -0.4 is 0 Å². The van der Waals surface area contributed by atoms with Crippen LogP contribution in [0.4, 0.5) is 13.2 Å². The lowest BCUT2D eigenvalue weighted by Crippen LogP contribution is -1.93. The van der Waals surface area contributed by atoms with Crippen molar-refractivity contribution in [3.05, 3.63) is 35.1 Å². The van der Waals surface area contributed by atoms with Crippen LogP contribution in [0.5, 0.6) is 0 Å². The van der Waals surface area contributed by atoms with E-state index in [4.69, 9.17) is 4.74 Å². The lowest BCUT2D eigenvalue weighted by Gasteiger charge is -1.99. The second-order valence-corrected chi connectivity index (χ2v) is 2.61. The second-order valence-electron chi connectivity index (χ2n) is 2.61. The highest BCUT2D eigenvalue weighted by molar-refractivity contribution is 5.24. The molecule has 0 N–H and O–H groups in total. The van der Waals surface area contributed by atoms with E-state index in [9.17, 15) is 13.2 Å². The van der Waals surface area contributed by atoms with Crippen LogP contribution in [0.2, 0.25) is 0 Å². The summed E-state index contributed by atoms with van der Waals surface area (Å²) in [5.74, 6) is -2.96. The van der Waals surface area contributed by atoms with Gasteiger partial charge in [-0.15, -0.1) is 0 Å². The first-order valence-corrected chi connectivity index (χ1v) is 3.44. The van der Waals surface area contributed by atoms with Gasteiger partial charge in [-0.05, 0) is 6.07 Å². The summed E-state index contributed by atoms with van der Waals surface area (Å²) in [5, 5.41) is 0. The maximum Gasteiger partial charge on any atom is 0.161 e. The highest BCUT2D eigenvalue weighted by Crippen LogP contribution is 2.32. The Bertz CT molecular complexity index is 320. The van der Waals surface area contributed by atoms with Gasteiger partial charge in [-0.25, -0.2) is 13.2 Å². The van der Waals surface area contributed by atoms with Gasteiger partial charge in [-0.1, -0.05) is 0 Å². The summed E-state index contributed by atoms with van der Waals surface area (Å²) in [6, 6.07) is 1.37. The monoisotopic (exact) mass is 174 g/mol. The molecule has 0 unspecified atom stereocenters. The lowest BCUT2D eigenvalue weighted by atomic mass is 10.1. The predicted octanol–water partition coefficient (Wildman–Crippen LogP) is 2.18. The fourth-order valence-electron chi connectivity index (χ4n) is 1.01. The van der Waals surface area contributed by atoms with Gasteiger partial charge in [0.05, 0.1) is 6.61 Å². The normalized spacial score (nSPS) is 21.1. The molecule has 12 heavy (non-hydrogen) atoms. The van der Waals surface area contributed by atoms with Crippen molar-refractivity contribution in [3.63, 3.8) is 0 Å². The fraction of sp³-hybridized carbons (Fsp3) is 0.250. The highest BCUT2D eigenvalue weighted by atomic mass is 19.2. The van der Waals surface area contributed by atoms with Crippen molar-refractivity contribution < 1.29 is 17.9 Å². The highest BCUT2D eigenvalue weighted by Gasteiger charge is 2.29. The largest absolute Gasteiger partial charge is 0.368 e. The summed E-state index contributed by atoms with van der Waals surface area (Å²) < 4.78 is 42.5. The van der Waals surface area contributed by atoms with E-state index < -0.39 is 17.5 Å². The minimum Gasteiger partial charge on any atom is -0.368 e. The summed E-state index contributed by atoms with van der Waals surface area (Å²) in [4.78, 5) is 0. The second kappa shape index (κ2) is 2.48. The zero-order chi connectivity index (χ0) is 8.72. The Kier molecular flexibility index (Phi) is 1.58. The molecular weight excluding hydrogens is 169 g/mol. The minimum absolute atomic E-state index is 0.0916. The average Bonchev–Trinajstić information content (AvgIpc) is 2.79. The molecule has 1 aromatic rings. The standard InChI is InChI=1S/C8H5F3O/c9-5-2-7(11)6(10)1-4(5)8-3-12-8/h1-2,8H,3H2/t8-/m1/s1. The van der Waals surface area contributed by atoms with E-state index in [1.165, 1.54) is 0 Å². The summed E-state index contributed by atoms with van der Waals surface area (Å²) in [5.41, 5.74) is 0.0916. The van der Waals surface area contributed by atoms with Crippen LogP contribution in [0.1, 0.15) is 11.7 Å². The molecule has 2 rings (SSSR count). The SMILES string of the molecule is Fc1cc(F)c([C@H]2CO2)cc1F. The molecule has 1 atom stereocenters. The van der Waals surface area contributed by atoms with E-state index in [-0.39, 0.29) is 11.7 Å². The van der Waals surface area contributed by atoms with Crippen LogP contribution in [-0.2, 0) is 4.74 Å². The van der Waals surface area contributed by atoms with Crippen LogP contribution in [-0.4, -0.2) is 6.61 Å². The third-order valence-electron chi connectivity index (χ3n) is 1.72. The molecule has 1 nitrogen and oxygen atoms in total. The third kappa shape index (κ3) is 1.18. The summed E-state index contributed by atoms with van der Waals surface area (Å²) >= 11 is 0. The van der Waals surface area contributed by atoms with E-state index >= 15 is 0 Å². The molecule has 1 saturated heterocycles. The third-order valence-corrected chi connectivity index (χ3v) is 1.72. The summed E-state index contributed by atoms with van der Waals surface area (Å²) in [6.45, 7) is 0.377. The Balaban J connectivity index is 2.47. The molecule has 1 heterocycles. The van der Waals surface area contributed by atoms with Crippen LogP contribution in [0, 0.1) is 17.5 Å². The van der Waals surface area contributed by atoms with Gasteiger partial charge in [0.15, 0.2) is 11.6 Å². The molecule has 0 spiro atoms. The van der Waals surface area contributed by atoms with Gasteiger partial charge >= 0.3 is 0 Å². The van der Waals surface area contributed by atoms with Gasteiger partial charge in [0, 0.05) is 11.6 Å². The Morgan fingerprint density at radius 1 is 1.08 bits per heavy atom. The minimum atomic E-state index is -1.17. The van der Waals surface area contributed by atoms with E-state index in [1.807, 2.05) is 0 Å². The molecule has 1 aliphatic rings. The van der Waals surface area contributed by atoms with Crippen molar-refractivity contribution in [1.82, 2.24) is 0 Å². The van der Waals surface area contributed by atoms with Crippen molar-refractivity contribution >= 4 is 0 Å². The Morgan fingerprint density at radius 2 is 1.67 bits per heavy atom. The zero-order valence-corrected chi connectivity index (χ0v) is 5.98. The van der Waals surface area contributed by atoms with Crippen LogP contribution in [0.3, 0.4) is 0 Å². The molecular formula is C8H5F3O. The number of epoxide rings is 1. The topological polar surface area (TPSA) is 12.5 Å².